The Morgan fingerprint density at radius 3 is 2.04 bits per heavy atom. The maximum absolute atomic E-state index is 2.62. The fourth-order valence-corrected chi connectivity index (χ4v) is 3.33. The van der Waals surface area contributed by atoms with Gasteiger partial charge in [-0.15, -0.1) is 12.4 Å². The Morgan fingerprint density at radius 2 is 1.43 bits per heavy atom. The molecule has 2 aromatic carbocycles. The van der Waals surface area contributed by atoms with Gasteiger partial charge in [0.1, 0.15) is 0 Å². The van der Waals surface area contributed by atoms with Gasteiger partial charge in [-0.2, -0.15) is 0 Å². The van der Waals surface area contributed by atoms with Crippen LogP contribution in [-0.2, 0) is 6.54 Å². The molecule has 0 spiro atoms. The van der Waals surface area contributed by atoms with Gasteiger partial charge in [0.2, 0.25) is 0 Å². The van der Waals surface area contributed by atoms with E-state index in [2.05, 4.69) is 77.4 Å². The van der Waals surface area contributed by atoms with Gasteiger partial charge in [-0.1, -0.05) is 55.0 Å². The molecule has 2 nitrogen and oxygen atoms in total. The van der Waals surface area contributed by atoms with Crippen LogP contribution in [0, 0.1) is 0 Å². The number of likely N-dealkylation sites (tertiary alicyclic amines) is 1. The van der Waals surface area contributed by atoms with Crippen LogP contribution >= 0.6 is 12.4 Å². The third-order valence-electron chi connectivity index (χ3n) is 4.65. The van der Waals surface area contributed by atoms with E-state index >= 15 is 0 Å². The smallest absolute Gasteiger partial charge is 0.0795 e. The molecule has 3 heteroatoms. The van der Waals surface area contributed by atoms with Crippen LogP contribution in [0.5, 0.6) is 0 Å². The van der Waals surface area contributed by atoms with E-state index in [-0.39, 0.29) is 12.4 Å². The Hall–Kier alpha value is -1.51. The molecular weight excluding hydrogens is 304 g/mol. The van der Waals surface area contributed by atoms with Gasteiger partial charge in [0.25, 0.3) is 0 Å². The number of benzene rings is 2. The lowest BCUT2D eigenvalue weighted by atomic mass is 10.1. The van der Waals surface area contributed by atoms with Crippen LogP contribution in [-0.4, -0.2) is 24.2 Å². The van der Waals surface area contributed by atoms with E-state index in [4.69, 9.17) is 0 Å². The number of nitrogens with zero attached hydrogens (tertiary/aromatic N) is 2. The number of para-hydroxylation sites is 1. The van der Waals surface area contributed by atoms with Crippen molar-refractivity contribution in [3.05, 3.63) is 66.2 Å². The Balaban J connectivity index is 0.00000192. The molecule has 1 aliphatic heterocycles. The Morgan fingerprint density at radius 1 is 0.870 bits per heavy atom. The van der Waals surface area contributed by atoms with Crippen LogP contribution in [0.2, 0.25) is 0 Å². The van der Waals surface area contributed by atoms with E-state index in [9.17, 15) is 0 Å². The van der Waals surface area contributed by atoms with Crippen LogP contribution in [0.4, 0.5) is 5.69 Å². The molecular formula is C20H27ClN2. The van der Waals surface area contributed by atoms with E-state index in [1.54, 1.807) is 0 Å². The van der Waals surface area contributed by atoms with Crippen molar-refractivity contribution in [2.75, 3.05) is 18.0 Å². The summed E-state index contributed by atoms with van der Waals surface area (Å²) < 4.78 is 0. The second kappa shape index (κ2) is 8.95. The van der Waals surface area contributed by atoms with Gasteiger partial charge in [0, 0.05) is 25.3 Å². The minimum absolute atomic E-state index is 0. The van der Waals surface area contributed by atoms with Gasteiger partial charge >= 0.3 is 0 Å². The minimum Gasteiger partial charge on any atom is -0.352 e. The van der Waals surface area contributed by atoms with E-state index < -0.39 is 0 Å². The van der Waals surface area contributed by atoms with Gasteiger partial charge in [-0.05, 0) is 37.5 Å². The zero-order chi connectivity index (χ0) is 15.2. The normalized spacial score (nSPS) is 16.4. The summed E-state index contributed by atoms with van der Waals surface area (Å²) in [5, 5.41) is 0. The minimum atomic E-state index is 0. The zero-order valence-electron chi connectivity index (χ0n) is 13.9. The molecule has 0 saturated carbocycles. The fourth-order valence-electron chi connectivity index (χ4n) is 3.33. The lowest BCUT2D eigenvalue weighted by molar-refractivity contribution is 0.168. The average Bonchev–Trinajstić information content (AvgIpc) is 2.61. The Bertz CT molecular complexity index is 552. The second-order valence-electron chi connectivity index (χ2n) is 6.18. The highest BCUT2D eigenvalue weighted by Gasteiger charge is 2.23. The quantitative estimate of drug-likeness (QED) is 0.765. The van der Waals surface area contributed by atoms with Crippen LogP contribution in [0.15, 0.2) is 60.7 Å². The SMILES string of the molecule is CC(N1CCCCC1)N(Cc1ccccc1)c1ccccc1.Cl. The molecule has 0 bridgehead atoms. The van der Waals surface area contributed by atoms with Crippen molar-refractivity contribution in [1.82, 2.24) is 4.90 Å². The summed E-state index contributed by atoms with van der Waals surface area (Å²) in [6, 6.07) is 21.6. The summed E-state index contributed by atoms with van der Waals surface area (Å²) in [5.41, 5.74) is 2.68. The number of piperidine rings is 1. The molecule has 1 unspecified atom stereocenters. The van der Waals surface area contributed by atoms with Gasteiger partial charge in [-0.25, -0.2) is 0 Å². The highest BCUT2D eigenvalue weighted by molar-refractivity contribution is 5.85. The van der Waals surface area contributed by atoms with Crippen molar-refractivity contribution in [2.24, 2.45) is 0 Å². The molecule has 0 aliphatic carbocycles. The maximum Gasteiger partial charge on any atom is 0.0795 e. The van der Waals surface area contributed by atoms with Crippen molar-refractivity contribution in [3.63, 3.8) is 0 Å². The van der Waals surface area contributed by atoms with E-state index in [0.29, 0.717) is 6.17 Å². The third-order valence-corrected chi connectivity index (χ3v) is 4.65. The lowest BCUT2D eigenvalue weighted by Crippen LogP contribution is -2.48. The first-order valence-corrected chi connectivity index (χ1v) is 8.44. The molecule has 3 rings (SSSR count). The van der Waals surface area contributed by atoms with Gasteiger partial charge in [0.05, 0.1) is 6.17 Å². The number of hydrogen-bond donors (Lipinski definition) is 0. The van der Waals surface area contributed by atoms with Gasteiger partial charge < -0.3 is 4.90 Å². The molecule has 1 saturated heterocycles. The second-order valence-corrected chi connectivity index (χ2v) is 6.18. The molecule has 0 aromatic heterocycles. The summed E-state index contributed by atoms with van der Waals surface area (Å²) in [7, 11) is 0. The fraction of sp³-hybridized carbons (Fsp3) is 0.400. The van der Waals surface area contributed by atoms with Crippen LogP contribution in [0.25, 0.3) is 0 Å². The number of rotatable bonds is 5. The van der Waals surface area contributed by atoms with Crippen molar-refractivity contribution in [1.29, 1.82) is 0 Å². The molecule has 1 atom stereocenters. The van der Waals surface area contributed by atoms with E-state index in [1.807, 2.05) is 0 Å². The molecule has 2 aromatic rings. The van der Waals surface area contributed by atoms with Crippen LogP contribution in [0.1, 0.15) is 31.7 Å². The van der Waals surface area contributed by atoms with Crippen molar-refractivity contribution in [2.45, 2.75) is 38.9 Å². The third kappa shape index (κ3) is 4.73. The highest BCUT2D eigenvalue weighted by atomic mass is 35.5. The van der Waals surface area contributed by atoms with Gasteiger partial charge in [-0.3, -0.25) is 4.90 Å². The summed E-state index contributed by atoms with van der Waals surface area (Å²) in [6.07, 6.45) is 4.48. The maximum atomic E-state index is 2.62. The molecule has 0 N–H and O–H groups in total. The largest absolute Gasteiger partial charge is 0.352 e. The van der Waals surface area contributed by atoms with E-state index in [1.165, 1.54) is 43.6 Å². The lowest BCUT2D eigenvalue weighted by Gasteiger charge is -2.41. The van der Waals surface area contributed by atoms with Crippen molar-refractivity contribution < 1.29 is 0 Å². The summed E-state index contributed by atoms with van der Waals surface area (Å²) >= 11 is 0. The van der Waals surface area contributed by atoms with Crippen molar-refractivity contribution >= 4 is 18.1 Å². The van der Waals surface area contributed by atoms with Crippen LogP contribution < -0.4 is 4.90 Å². The zero-order valence-corrected chi connectivity index (χ0v) is 14.7. The predicted molar refractivity (Wildman–Crippen MR) is 101 cm³/mol. The summed E-state index contributed by atoms with van der Waals surface area (Å²) in [5.74, 6) is 0. The Kier molecular flexibility index (Phi) is 6.94. The topological polar surface area (TPSA) is 6.48 Å². The monoisotopic (exact) mass is 330 g/mol. The summed E-state index contributed by atoms with van der Waals surface area (Å²) in [6.45, 7) is 5.75. The van der Waals surface area contributed by atoms with Crippen LogP contribution in [0.3, 0.4) is 0 Å². The highest BCUT2D eigenvalue weighted by Crippen LogP contribution is 2.23. The van der Waals surface area contributed by atoms with Crippen molar-refractivity contribution in [3.8, 4) is 0 Å². The predicted octanol–water partition coefficient (Wildman–Crippen LogP) is 4.95. The van der Waals surface area contributed by atoms with E-state index in [0.717, 1.165) is 6.54 Å². The molecule has 1 heterocycles. The molecule has 0 radical (unpaired) electrons. The molecule has 0 amide bonds. The summed E-state index contributed by atoms with van der Waals surface area (Å²) in [4.78, 5) is 5.15. The Labute approximate surface area is 146 Å². The van der Waals surface area contributed by atoms with Gasteiger partial charge in [0.15, 0.2) is 0 Å². The average molecular weight is 331 g/mol. The number of anilines is 1. The number of hydrogen-bond acceptors (Lipinski definition) is 2. The molecule has 124 valence electrons. The first-order chi connectivity index (χ1) is 10.8. The molecule has 1 aliphatic rings. The molecule has 1 fully saturated rings. The standard InChI is InChI=1S/C20H26N2.ClH/c1-18(21-15-9-4-10-16-21)22(20-13-7-3-8-14-20)17-19-11-5-2-6-12-19;/h2-3,5-8,11-14,18H,4,9-10,15-17H2,1H3;1H. The first kappa shape index (κ1) is 17.8. The number of halogens is 1. The first-order valence-electron chi connectivity index (χ1n) is 8.44. The molecule has 23 heavy (non-hydrogen) atoms.